The minimum atomic E-state index is -3.32. The molecule has 1 aromatic carbocycles. The maximum Gasteiger partial charge on any atom is 0.281 e. The normalized spacial score (nSPS) is 17.1. The van der Waals surface area contributed by atoms with E-state index in [1.54, 1.807) is 11.4 Å². The van der Waals surface area contributed by atoms with E-state index < -0.39 is 10.2 Å². The van der Waals surface area contributed by atoms with Crippen LogP contribution in [0.15, 0.2) is 24.3 Å². The van der Waals surface area contributed by atoms with Crippen LogP contribution in [0.25, 0.3) is 0 Å². The van der Waals surface area contributed by atoms with Gasteiger partial charge in [0.05, 0.1) is 6.61 Å². The molecule has 0 radical (unpaired) electrons. The van der Waals surface area contributed by atoms with Gasteiger partial charge in [-0.3, -0.25) is 4.90 Å². The Morgan fingerprint density at radius 1 is 1.08 bits per heavy atom. The molecule has 1 fully saturated rings. The Morgan fingerprint density at radius 2 is 1.72 bits per heavy atom. The molecule has 0 aliphatic carbocycles. The highest BCUT2D eigenvalue weighted by molar-refractivity contribution is 7.86. The molecular formula is C18H31N3O3S. The summed E-state index contributed by atoms with van der Waals surface area (Å²) in [6.07, 6.45) is 1.89. The van der Waals surface area contributed by atoms with Crippen molar-refractivity contribution in [3.8, 4) is 5.75 Å². The Morgan fingerprint density at radius 3 is 2.28 bits per heavy atom. The third-order valence-electron chi connectivity index (χ3n) is 4.52. The Labute approximate surface area is 152 Å². The molecule has 0 bridgehead atoms. The van der Waals surface area contributed by atoms with Crippen LogP contribution in [0.2, 0.25) is 0 Å². The standard InChI is InChI=1S/C18H31N3O3S/c1-4-6-11-19(3)25(22,23)21-14-12-20(13-15-21)16-17-7-9-18(10-8-17)24-5-2/h7-10H,4-6,11-16H2,1-3H3. The van der Waals surface area contributed by atoms with E-state index in [-0.39, 0.29) is 0 Å². The summed E-state index contributed by atoms with van der Waals surface area (Å²) >= 11 is 0. The molecule has 1 saturated heterocycles. The number of hydrogen-bond acceptors (Lipinski definition) is 4. The molecule has 1 aliphatic heterocycles. The SMILES string of the molecule is CCCCN(C)S(=O)(=O)N1CCN(Cc2ccc(OCC)cc2)CC1. The van der Waals surface area contributed by atoms with Crippen LogP contribution >= 0.6 is 0 Å². The van der Waals surface area contributed by atoms with E-state index in [9.17, 15) is 8.42 Å². The van der Waals surface area contributed by atoms with Gasteiger partial charge in [-0.2, -0.15) is 17.0 Å². The van der Waals surface area contributed by atoms with Crippen LogP contribution in [0.5, 0.6) is 5.75 Å². The first kappa shape index (κ1) is 20.2. The van der Waals surface area contributed by atoms with E-state index in [1.807, 2.05) is 19.1 Å². The predicted molar refractivity (Wildman–Crippen MR) is 101 cm³/mol. The summed E-state index contributed by atoms with van der Waals surface area (Å²) in [7, 11) is -1.64. The second-order valence-corrected chi connectivity index (χ2v) is 8.47. The van der Waals surface area contributed by atoms with E-state index >= 15 is 0 Å². The summed E-state index contributed by atoms with van der Waals surface area (Å²) in [5.74, 6) is 0.886. The average molecular weight is 370 g/mol. The number of benzene rings is 1. The van der Waals surface area contributed by atoms with E-state index in [4.69, 9.17) is 4.74 Å². The number of nitrogens with zero attached hydrogens (tertiary/aromatic N) is 3. The first-order valence-electron chi connectivity index (χ1n) is 9.12. The van der Waals surface area contributed by atoms with Crippen LogP contribution in [0.1, 0.15) is 32.3 Å². The molecule has 0 saturated carbocycles. The highest BCUT2D eigenvalue weighted by Gasteiger charge is 2.29. The highest BCUT2D eigenvalue weighted by Crippen LogP contribution is 2.16. The number of unbranched alkanes of at least 4 members (excludes halogenated alkanes) is 1. The van der Waals surface area contributed by atoms with Crippen molar-refractivity contribution in [2.75, 3.05) is 46.4 Å². The largest absolute Gasteiger partial charge is 0.494 e. The molecule has 0 unspecified atom stereocenters. The molecule has 2 rings (SSSR count). The van der Waals surface area contributed by atoms with E-state index in [2.05, 4.69) is 24.0 Å². The monoisotopic (exact) mass is 369 g/mol. The van der Waals surface area contributed by atoms with Crippen LogP contribution < -0.4 is 4.74 Å². The van der Waals surface area contributed by atoms with Crippen LogP contribution in [0.3, 0.4) is 0 Å². The number of rotatable bonds is 9. The minimum absolute atomic E-state index is 0.551. The molecular weight excluding hydrogens is 338 g/mol. The van der Waals surface area contributed by atoms with Crippen molar-refractivity contribution < 1.29 is 13.2 Å². The van der Waals surface area contributed by atoms with Crippen molar-refractivity contribution >= 4 is 10.2 Å². The number of ether oxygens (including phenoxy) is 1. The van der Waals surface area contributed by atoms with Gasteiger partial charge >= 0.3 is 0 Å². The van der Waals surface area contributed by atoms with E-state index in [0.29, 0.717) is 26.2 Å². The molecule has 142 valence electrons. The fourth-order valence-electron chi connectivity index (χ4n) is 2.93. The molecule has 0 atom stereocenters. The van der Waals surface area contributed by atoms with Crippen LogP contribution in [-0.2, 0) is 16.8 Å². The maximum atomic E-state index is 12.6. The summed E-state index contributed by atoms with van der Waals surface area (Å²) in [6, 6.07) is 8.13. The van der Waals surface area contributed by atoms with Gasteiger partial charge in [-0.25, -0.2) is 0 Å². The van der Waals surface area contributed by atoms with Gasteiger partial charge in [0, 0.05) is 46.3 Å². The number of piperazine rings is 1. The quantitative estimate of drug-likeness (QED) is 0.669. The molecule has 7 heteroatoms. The molecule has 0 spiro atoms. The average Bonchev–Trinajstić information content (AvgIpc) is 2.62. The molecule has 0 N–H and O–H groups in total. The van der Waals surface area contributed by atoms with Crippen molar-refractivity contribution in [1.29, 1.82) is 0 Å². The highest BCUT2D eigenvalue weighted by atomic mass is 32.2. The lowest BCUT2D eigenvalue weighted by atomic mass is 10.2. The topological polar surface area (TPSA) is 53.1 Å². The van der Waals surface area contributed by atoms with Gasteiger partial charge in [0.2, 0.25) is 0 Å². The Balaban J connectivity index is 1.84. The van der Waals surface area contributed by atoms with Gasteiger partial charge in [-0.15, -0.1) is 0 Å². The van der Waals surface area contributed by atoms with Crippen molar-refractivity contribution in [3.05, 3.63) is 29.8 Å². The third-order valence-corrected chi connectivity index (χ3v) is 6.51. The molecule has 25 heavy (non-hydrogen) atoms. The van der Waals surface area contributed by atoms with E-state index in [0.717, 1.165) is 38.2 Å². The van der Waals surface area contributed by atoms with Gasteiger partial charge in [0.1, 0.15) is 5.75 Å². The lowest BCUT2D eigenvalue weighted by Gasteiger charge is -2.35. The maximum absolute atomic E-state index is 12.6. The zero-order valence-electron chi connectivity index (χ0n) is 15.6. The first-order valence-corrected chi connectivity index (χ1v) is 10.5. The summed E-state index contributed by atoms with van der Waals surface area (Å²) < 4.78 is 33.7. The first-order chi connectivity index (χ1) is 12.0. The fourth-order valence-corrected chi connectivity index (χ4v) is 4.31. The lowest BCUT2D eigenvalue weighted by molar-refractivity contribution is 0.176. The Kier molecular flexibility index (Phi) is 7.68. The van der Waals surface area contributed by atoms with Gasteiger partial charge in [-0.1, -0.05) is 25.5 Å². The zero-order valence-corrected chi connectivity index (χ0v) is 16.5. The minimum Gasteiger partial charge on any atom is -0.494 e. The van der Waals surface area contributed by atoms with Crippen LogP contribution in [-0.4, -0.2) is 68.3 Å². The predicted octanol–water partition coefficient (Wildman–Crippen LogP) is 2.18. The molecule has 1 heterocycles. The third kappa shape index (κ3) is 5.67. The van der Waals surface area contributed by atoms with Crippen LogP contribution in [0.4, 0.5) is 0 Å². The molecule has 1 aromatic rings. The van der Waals surface area contributed by atoms with Gasteiger partial charge in [0.25, 0.3) is 10.2 Å². The van der Waals surface area contributed by atoms with E-state index in [1.165, 1.54) is 9.87 Å². The molecule has 0 aromatic heterocycles. The lowest BCUT2D eigenvalue weighted by Crippen LogP contribution is -2.52. The summed E-state index contributed by atoms with van der Waals surface area (Å²) in [6.45, 7) is 8.76. The second kappa shape index (κ2) is 9.52. The summed E-state index contributed by atoms with van der Waals surface area (Å²) in [5, 5.41) is 0. The van der Waals surface area contributed by atoms with Crippen molar-refractivity contribution in [1.82, 2.24) is 13.5 Å². The van der Waals surface area contributed by atoms with Crippen LogP contribution in [0, 0.1) is 0 Å². The summed E-state index contributed by atoms with van der Waals surface area (Å²) in [4.78, 5) is 2.30. The molecule has 1 aliphatic rings. The van der Waals surface area contributed by atoms with Gasteiger partial charge < -0.3 is 4.74 Å². The van der Waals surface area contributed by atoms with Gasteiger partial charge in [-0.05, 0) is 31.0 Å². The Bertz CT molecular complexity index is 611. The Hall–Kier alpha value is -1.15. The van der Waals surface area contributed by atoms with Crippen molar-refractivity contribution in [3.63, 3.8) is 0 Å². The summed E-state index contributed by atoms with van der Waals surface area (Å²) in [5.41, 5.74) is 1.22. The number of hydrogen-bond donors (Lipinski definition) is 0. The molecule has 0 amide bonds. The van der Waals surface area contributed by atoms with Gasteiger partial charge in [0.15, 0.2) is 0 Å². The smallest absolute Gasteiger partial charge is 0.281 e. The van der Waals surface area contributed by atoms with Crippen molar-refractivity contribution in [2.24, 2.45) is 0 Å². The fraction of sp³-hybridized carbons (Fsp3) is 0.667. The molecule has 6 nitrogen and oxygen atoms in total. The second-order valence-electron chi connectivity index (χ2n) is 6.44. The van der Waals surface area contributed by atoms with Crippen molar-refractivity contribution in [2.45, 2.75) is 33.2 Å². The zero-order chi connectivity index (χ0) is 18.3.